The van der Waals surface area contributed by atoms with Crippen molar-refractivity contribution in [2.45, 2.75) is 0 Å². The molecule has 0 fully saturated rings. The van der Waals surface area contributed by atoms with Crippen LogP contribution in [0.5, 0.6) is 0 Å². The second-order valence-corrected chi connectivity index (χ2v) is 5.02. The van der Waals surface area contributed by atoms with E-state index in [1.54, 1.807) is 18.3 Å². The predicted molar refractivity (Wildman–Crippen MR) is 85.0 cm³/mol. The Kier molecular flexibility index (Phi) is 3.46. The third-order valence-corrected chi connectivity index (χ3v) is 3.39. The molecule has 3 rings (SSSR count). The molecule has 0 aliphatic heterocycles. The molecule has 0 saturated heterocycles. The number of halogens is 1. The molecule has 5 heteroatoms. The number of hydrogen-bond donors (Lipinski definition) is 2. The maximum atomic E-state index is 11.1. The summed E-state index contributed by atoms with van der Waals surface area (Å²) in [7, 11) is 0. The molecule has 0 radical (unpaired) electrons. The Balaban J connectivity index is 1.96. The Morgan fingerprint density at radius 1 is 1.10 bits per heavy atom. The van der Waals surface area contributed by atoms with Gasteiger partial charge in [-0.3, -0.25) is 9.78 Å². The minimum atomic E-state index is -0.439. The van der Waals surface area contributed by atoms with Gasteiger partial charge in [0.25, 0.3) is 0 Å². The van der Waals surface area contributed by atoms with Crippen LogP contribution >= 0.6 is 11.6 Å². The Hall–Kier alpha value is -2.59. The van der Waals surface area contributed by atoms with Gasteiger partial charge >= 0.3 is 0 Å². The lowest BCUT2D eigenvalue weighted by Crippen LogP contribution is -2.10. The summed E-state index contributed by atoms with van der Waals surface area (Å²) in [6, 6.07) is 14.4. The summed E-state index contributed by atoms with van der Waals surface area (Å²) in [5, 5.41) is 4.92. The number of hydrogen-bond acceptors (Lipinski definition) is 3. The van der Waals surface area contributed by atoms with Crippen LogP contribution in [0.2, 0.25) is 5.02 Å². The molecule has 3 aromatic rings. The van der Waals surface area contributed by atoms with Crippen molar-refractivity contribution in [2.75, 3.05) is 5.32 Å². The van der Waals surface area contributed by atoms with E-state index in [9.17, 15) is 4.79 Å². The molecule has 1 amide bonds. The first-order valence-corrected chi connectivity index (χ1v) is 6.72. The molecule has 1 aromatic heterocycles. The van der Waals surface area contributed by atoms with Gasteiger partial charge in [0.05, 0.1) is 5.52 Å². The van der Waals surface area contributed by atoms with E-state index < -0.39 is 5.91 Å². The molecule has 0 aliphatic rings. The minimum Gasteiger partial charge on any atom is -0.366 e. The van der Waals surface area contributed by atoms with Crippen molar-refractivity contribution in [1.82, 2.24) is 4.98 Å². The van der Waals surface area contributed by atoms with Crippen molar-refractivity contribution in [3.63, 3.8) is 0 Å². The number of fused-ring (bicyclic) bond motifs is 1. The van der Waals surface area contributed by atoms with E-state index in [-0.39, 0.29) is 0 Å². The number of benzene rings is 2. The molecule has 2 aromatic carbocycles. The Morgan fingerprint density at radius 3 is 2.57 bits per heavy atom. The second-order valence-electron chi connectivity index (χ2n) is 4.59. The number of anilines is 2. The maximum absolute atomic E-state index is 11.1. The molecule has 1 heterocycles. The molecule has 0 saturated carbocycles. The SMILES string of the molecule is NC(=O)c1ccc(Nc2ccnc3cc(Cl)ccc23)cc1. The van der Waals surface area contributed by atoms with E-state index >= 15 is 0 Å². The topological polar surface area (TPSA) is 68.0 Å². The van der Waals surface area contributed by atoms with Crippen LogP contribution in [0, 0.1) is 0 Å². The van der Waals surface area contributed by atoms with Crippen molar-refractivity contribution in [3.05, 3.63) is 65.3 Å². The summed E-state index contributed by atoms with van der Waals surface area (Å²) < 4.78 is 0. The van der Waals surface area contributed by atoms with Gasteiger partial charge in [-0.1, -0.05) is 11.6 Å². The highest BCUT2D eigenvalue weighted by Gasteiger charge is 2.04. The van der Waals surface area contributed by atoms with Crippen molar-refractivity contribution in [2.24, 2.45) is 5.73 Å². The molecule has 0 unspecified atom stereocenters. The van der Waals surface area contributed by atoms with Gasteiger partial charge in [-0.15, -0.1) is 0 Å². The molecule has 3 N–H and O–H groups in total. The fourth-order valence-corrected chi connectivity index (χ4v) is 2.27. The highest BCUT2D eigenvalue weighted by molar-refractivity contribution is 6.31. The average molecular weight is 298 g/mol. The molecular weight excluding hydrogens is 286 g/mol. The summed E-state index contributed by atoms with van der Waals surface area (Å²) in [6.45, 7) is 0. The molecule has 0 spiro atoms. The molecular formula is C16H12ClN3O. The second kappa shape index (κ2) is 5.42. The zero-order valence-corrected chi connectivity index (χ0v) is 11.8. The lowest BCUT2D eigenvalue weighted by Gasteiger charge is -2.10. The summed E-state index contributed by atoms with van der Waals surface area (Å²) in [5.74, 6) is -0.439. The molecule has 21 heavy (non-hydrogen) atoms. The number of amides is 1. The molecule has 0 atom stereocenters. The van der Waals surface area contributed by atoms with Crippen LogP contribution in [-0.4, -0.2) is 10.9 Å². The Labute approximate surface area is 126 Å². The van der Waals surface area contributed by atoms with Crippen LogP contribution in [0.4, 0.5) is 11.4 Å². The largest absolute Gasteiger partial charge is 0.366 e. The molecule has 0 bridgehead atoms. The minimum absolute atomic E-state index is 0.439. The summed E-state index contributed by atoms with van der Waals surface area (Å²) >= 11 is 5.97. The van der Waals surface area contributed by atoms with Crippen LogP contribution < -0.4 is 11.1 Å². The number of rotatable bonds is 3. The predicted octanol–water partition coefficient (Wildman–Crippen LogP) is 3.73. The summed E-state index contributed by atoms with van der Waals surface area (Å²) in [4.78, 5) is 15.4. The van der Waals surface area contributed by atoms with E-state index in [1.165, 1.54) is 0 Å². The highest BCUT2D eigenvalue weighted by Crippen LogP contribution is 2.27. The normalized spacial score (nSPS) is 10.5. The average Bonchev–Trinajstić information content (AvgIpc) is 2.47. The van der Waals surface area contributed by atoms with E-state index in [4.69, 9.17) is 17.3 Å². The van der Waals surface area contributed by atoms with Crippen molar-refractivity contribution >= 4 is 39.8 Å². The number of aromatic nitrogens is 1. The van der Waals surface area contributed by atoms with E-state index in [2.05, 4.69) is 10.3 Å². The zero-order valence-electron chi connectivity index (χ0n) is 11.0. The van der Waals surface area contributed by atoms with Gasteiger partial charge in [-0.25, -0.2) is 0 Å². The lowest BCUT2D eigenvalue weighted by molar-refractivity contribution is 0.100. The van der Waals surface area contributed by atoms with E-state index in [0.717, 1.165) is 22.3 Å². The monoisotopic (exact) mass is 297 g/mol. The van der Waals surface area contributed by atoms with Gasteiger partial charge in [0, 0.05) is 33.5 Å². The van der Waals surface area contributed by atoms with Crippen molar-refractivity contribution in [3.8, 4) is 0 Å². The first-order chi connectivity index (χ1) is 10.1. The molecule has 0 aliphatic carbocycles. The number of nitrogens with two attached hydrogens (primary N) is 1. The smallest absolute Gasteiger partial charge is 0.248 e. The van der Waals surface area contributed by atoms with E-state index in [1.807, 2.05) is 36.4 Å². The van der Waals surface area contributed by atoms with Gasteiger partial charge in [0.2, 0.25) is 5.91 Å². The lowest BCUT2D eigenvalue weighted by atomic mass is 10.1. The first-order valence-electron chi connectivity index (χ1n) is 6.34. The van der Waals surface area contributed by atoms with Crippen LogP contribution in [0.25, 0.3) is 10.9 Å². The number of primary amides is 1. The fraction of sp³-hybridized carbons (Fsp3) is 0. The van der Waals surface area contributed by atoms with Gasteiger partial charge in [-0.2, -0.15) is 0 Å². The maximum Gasteiger partial charge on any atom is 0.248 e. The molecule has 104 valence electrons. The number of nitrogens with one attached hydrogen (secondary N) is 1. The van der Waals surface area contributed by atoms with Crippen LogP contribution in [-0.2, 0) is 0 Å². The highest BCUT2D eigenvalue weighted by atomic mass is 35.5. The van der Waals surface area contributed by atoms with Gasteiger partial charge in [0.1, 0.15) is 0 Å². The third-order valence-electron chi connectivity index (χ3n) is 3.15. The number of carbonyl (C=O) groups excluding carboxylic acids is 1. The summed E-state index contributed by atoms with van der Waals surface area (Å²) in [5.41, 5.74) is 8.31. The third kappa shape index (κ3) is 2.80. The van der Waals surface area contributed by atoms with Gasteiger partial charge < -0.3 is 11.1 Å². The summed E-state index contributed by atoms with van der Waals surface area (Å²) in [6.07, 6.45) is 1.72. The van der Waals surface area contributed by atoms with Crippen LogP contribution in [0.1, 0.15) is 10.4 Å². The standard InChI is InChI=1S/C16H12ClN3O/c17-11-3-6-13-14(7-8-19-15(13)9-11)20-12-4-1-10(2-5-12)16(18)21/h1-9H,(H2,18,21)(H,19,20). The zero-order chi connectivity index (χ0) is 14.8. The van der Waals surface area contributed by atoms with Gasteiger partial charge in [0.15, 0.2) is 0 Å². The van der Waals surface area contributed by atoms with Crippen molar-refractivity contribution < 1.29 is 4.79 Å². The fourth-order valence-electron chi connectivity index (χ4n) is 2.10. The molecule has 4 nitrogen and oxygen atoms in total. The Morgan fingerprint density at radius 2 is 1.86 bits per heavy atom. The van der Waals surface area contributed by atoms with Gasteiger partial charge in [-0.05, 0) is 48.5 Å². The number of nitrogens with zero attached hydrogens (tertiary/aromatic N) is 1. The Bertz CT molecular complexity index is 815. The number of pyridine rings is 1. The first kappa shape index (κ1) is 13.4. The van der Waals surface area contributed by atoms with Crippen LogP contribution in [0.3, 0.4) is 0 Å². The van der Waals surface area contributed by atoms with Crippen molar-refractivity contribution in [1.29, 1.82) is 0 Å². The quantitative estimate of drug-likeness (QED) is 0.774. The van der Waals surface area contributed by atoms with E-state index in [0.29, 0.717) is 10.6 Å². The number of carbonyl (C=O) groups is 1. The van der Waals surface area contributed by atoms with Crippen LogP contribution in [0.15, 0.2) is 54.7 Å².